The molecular weight excluding hydrogens is 305 g/mol. The molecule has 0 radical (unpaired) electrons. The van der Waals surface area contributed by atoms with Crippen molar-refractivity contribution in [2.75, 3.05) is 11.8 Å². The van der Waals surface area contributed by atoms with Gasteiger partial charge in [-0.2, -0.15) is 0 Å². The zero-order chi connectivity index (χ0) is 15.5. The molecule has 0 aromatic heterocycles. The van der Waals surface area contributed by atoms with Crippen LogP contribution in [0, 0.1) is 6.92 Å². The average molecular weight is 324 g/mol. The van der Waals surface area contributed by atoms with Gasteiger partial charge in [0.15, 0.2) is 0 Å². The van der Waals surface area contributed by atoms with Gasteiger partial charge >= 0.3 is 7.52 Å². The molecule has 5 heteroatoms. The Bertz CT molecular complexity index is 670. The van der Waals surface area contributed by atoms with Crippen LogP contribution in [-0.4, -0.2) is 6.66 Å². The summed E-state index contributed by atoms with van der Waals surface area (Å²) in [6, 6.07) is 13.0. The van der Waals surface area contributed by atoms with E-state index in [-0.39, 0.29) is 0 Å². The maximum absolute atomic E-state index is 12.6. The van der Waals surface area contributed by atoms with Crippen molar-refractivity contribution in [1.29, 1.82) is 0 Å². The van der Waals surface area contributed by atoms with Crippen LogP contribution in [0.2, 0.25) is 5.02 Å². The van der Waals surface area contributed by atoms with Gasteiger partial charge in [0, 0.05) is 17.4 Å². The molecule has 0 heterocycles. The molecule has 0 spiro atoms. The third kappa shape index (κ3) is 4.52. The predicted octanol–water partition coefficient (Wildman–Crippen LogP) is 5.52. The fourth-order valence-electron chi connectivity index (χ4n) is 1.94. The molecule has 1 atom stereocenters. The second-order valence-electron chi connectivity index (χ2n) is 5.01. The SMILES string of the molecule is CCc1ccc(O[P@@](C)(=O)Nc2cc(Cl)ccc2C)cc1. The van der Waals surface area contributed by atoms with Crippen LogP contribution in [0.25, 0.3) is 0 Å². The average Bonchev–Trinajstić information content (AvgIpc) is 2.43. The molecule has 2 rings (SSSR count). The molecule has 2 aromatic carbocycles. The van der Waals surface area contributed by atoms with Crippen LogP contribution in [0.3, 0.4) is 0 Å². The van der Waals surface area contributed by atoms with E-state index < -0.39 is 7.52 Å². The Balaban J connectivity index is 2.14. The van der Waals surface area contributed by atoms with Gasteiger partial charge in [0.1, 0.15) is 5.75 Å². The summed E-state index contributed by atoms with van der Waals surface area (Å²) in [5.41, 5.74) is 2.90. The van der Waals surface area contributed by atoms with Crippen molar-refractivity contribution in [3.05, 3.63) is 58.6 Å². The number of rotatable bonds is 5. The third-order valence-electron chi connectivity index (χ3n) is 3.13. The lowest BCUT2D eigenvalue weighted by Crippen LogP contribution is -2.03. The molecule has 3 nitrogen and oxygen atoms in total. The first-order valence-electron chi connectivity index (χ1n) is 6.80. The molecule has 0 saturated carbocycles. The van der Waals surface area contributed by atoms with Crippen molar-refractivity contribution in [3.8, 4) is 5.75 Å². The number of anilines is 1. The predicted molar refractivity (Wildman–Crippen MR) is 89.8 cm³/mol. The van der Waals surface area contributed by atoms with E-state index in [2.05, 4.69) is 12.0 Å². The van der Waals surface area contributed by atoms with Crippen molar-refractivity contribution >= 4 is 24.8 Å². The summed E-state index contributed by atoms with van der Waals surface area (Å²) in [7, 11) is -3.02. The Labute approximate surface area is 130 Å². The smallest absolute Gasteiger partial charge is 0.338 e. The second kappa shape index (κ2) is 6.55. The number of halogens is 1. The van der Waals surface area contributed by atoms with Crippen molar-refractivity contribution in [1.82, 2.24) is 0 Å². The molecule has 0 saturated heterocycles. The molecule has 2 aromatic rings. The van der Waals surface area contributed by atoms with Crippen LogP contribution in [0.1, 0.15) is 18.1 Å². The zero-order valence-corrected chi connectivity index (χ0v) is 14.0. The molecule has 0 aliphatic heterocycles. The van der Waals surface area contributed by atoms with Gasteiger partial charge in [-0.05, 0) is 48.7 Å². The van der Waals surface area contributed by atoms with Crippen LogP contribution >= 0.6 is 19.1 Å². The van der Waals surface area contributed by atoms with E-state index >= 15 is 0 Å². The minimum Gasteiger partial charge on any atom is -0.429 e. The second-order valence-corrected chi connectivity index (χ2v) is 7.54. The maximum atomic E-state index is 12.6. The molecule has 0 unspecified atom stereocenters. The van der Waals surface area contributed by atoms with E-state index in [0.717, 1.165) is 17.7 Å². The van der Waals surface area contributed by atoms with Gasteiger partial charge in [0.05, 0.1) is 0 Å². The van der Waals surface area contributed by atoms with E-state index in [4.69, 9.17) is 16.1 Å². The van der Waals surface area contributed by atoms with Crippen LogP contribution in [-0.2, 0) is 11.0 Å². The molecule has 1 N–H and O–H groups in total. The van der Waals surface area contributed by atoms with Gasteiger partial charge in [-0.3, -0.25) is 4.57 Å². The van der Waals surface area contributed by atoms with E-state index in [1.807, 2.05) is 37.3 Å². The summed E-state index contributed by atoms with van der Waals surface area (Å²) in [6.45, 7) is 5.57. The first-order chi connectivity index (χ1) is 9.89. The Hall–Kier alpha value is -1.44. The first kappa shape index (κ1) is 15.9. The zero-order valence-electron chi connectivity index (χ0n) is 12.4. The fourth-order valence-corrected chi connectivity index (χ4v) is 3.36. The molecule has 0 amide bonds. The van der Waals surface area contributed by atoms with Crippen molar-refractivity contribution in [2.24, 2.45) is 0 Å². The van der Waals surface area contributed by atoms with Gasteiger partial charge in [0.25, 0.3) is 0 Å². The van der Waals surface area contributed by atoms with E-state index in [0.29, 0.717) is 10.8 Å². The van der Waals surface area contributed by atoms with Gasteiger partial charge in [-0.1, -0.05) is 36.7 Å². The summed E-state index contributed by atoms with van der Waals surface area (Å²) in [6.07, 6.45) is 0.962. The fraction of sp³-hybridized carbons (Fsp3) is 0.250. The minimum absolute atomic E-state index is 0.588. The summed E-state index contributed by atoms with van der Waals surface area (Å²) in [5, 5.41) is 3.55. The van der Waals surface area contributed by atoms with Crippen LogP contribution < -0.4 is 9.61 Å². The minimum atomic E-state index is -3.02. The Morgan fingerprint density at radius 2 is 1.86 bits per heavy atom. The number of hydrogen-bond acceptors (Lipinski definition) is 2. The van der Waals surface area contributed by atoms with Gasteiger partial charge in [-0.15, -0.1) is 0 Å². The van der Waals surface area contributed by atoms with Crippen molar-refractivity contribution in [2.45, 2.75) is 20.3 Å². The molecular formula is C16H19ClNO2P. The highest BCUT2D eigenvalue weighted by atomic mass is 35.5. The summed E-state index contributed by atoms with van der Waals surface area (Å²) >= 11 is 5.97. The maximum Gasteiger partial charge on any atom is 0.338 e. The largest absolute Gasteiger partial charge is 0.429 e. The summed E-state index contributed by atoms with van der Waals surface area (Å²) < 4.78 is 18.2. The highest BCUT2D eigenvalue weighted by Crippen LogP contribution is 2.44. The van der Waals surface area contributed by atoms with Crippen LogP contribution in [0.15, 0.2) is 42.5 Å². The number of nitrogens with one attached hydrogen (secondary N) is 1. The lowest BCUT2D eigenvalue weighted by atomic mass is 10.2. The van der Waals surface area contributed by atoms with Crippen molar-refractivity contribution in [3.63, 3.8) is 0 Å². The molecule has 0 bridgehead atoms. The highest BCUT2D eigenvalue weighted by Gasteiger charge is 2.18. The van der Waals surface area contributed by atoms with Gasteiger partial charge in [-0.25, -0.2) is 0 Å². The Morgan fingerprint density at radius 1 is 1.19 bits per heavy atom. The Kier molecular flexibility index (Phi) is 4.97. The molecule has 112 valence electrons. The van der Waals surface area contributed by atoms with Crippen LogP contribution in [0.4, 0.5) is 5.69 Å². The van der Waals surface area contributed by atoms with Crippen LogP contribution in [0.5, 0.6) is 5.75 Å². The van der Waals surface area contributed by atoms with Crippen molar-refractivity contribution < 1.29 is 9.09 Å². The molecule has 0 aliphatic rings. The lowest BCUT2D eigenvalue weighted by molar-refractivity contribution is 0.493. The lowest BCUT2D eigenvalue weighted by Gasteiger charge is -2.19. The van der Waals surface area contributed by atoms with E-state index in [1.165, 1.54) is 5.56 Å². The summed E-state index contributed by atoms with van der Waals surface area (Å²) in [4.78, 5) is 0. The van der Waals surface area contributed by atoms with Gasteiger partial charge in [0.2, 0.25) is 0 Å². The monoisotopic (exact) mass is 323 g/mol. The quantitative estimate of drug-likeness (QED) is 0.736. The topological polar surface area (TPSA) is 38.3 Å². The first-order valence-corrected chi connectivity index (χ1v) is 9.25. The highest BCUT2D eigenvalue weighted by molar-refractivity contribution is 7.60. The third-order valence-corrected chi connectivity index (χ3v) is 4.58. The molecule has 0 fully saturated rings. The van der Waals surface area contributed by atoms with E-state index in [9.17, 15) is 4.57 Å². The molecule has 21 heavy (non-hydrogen) atoms. The standard InChI is InChI=1S/C16H19ClNO2P/c1-4-13-6-9-15(10-7-13)20-21(3,19)18-16-11-14(17)8-5-12(16)2/h5-11H,4H2,1-3H3,(H,18,19)/t21-/m1/s1. The summed E-state index contributed by atoms with van der Waals surface area (Å²) in [5.74, 6) is 0.588. The number of hydrogen-bond donors (Lipinski definition) is 1. The normalized spacial score (nSPS) is 13.5. The Morgan fingerprint density at radius 3 is 2.48 bits per heavy atom. The number of aryl methyl sites for hydroxylation is 2. The van der Waals surface area contributed by atoms with Gasteiger partial charge < -0.3 is 9.61 Å². The number of benzene rings is 2. The molecule has 0 aliphatic carbocycles. The van der Waals surface area contributed by atoms with E-state index in [1.54, 1.807) is 18.8 Å².